The van der Waals surface area contributed by atoms with Crippen molar-refractivity contribution < 1.29 is 28.1 Å². The van der Waals surface area contributed by atoms with Crippen LogP contribution in [0.3, 0.4) is 0 Å². The van der Waals surface area contributed by atoms with Gasteiger partial charge in [-0.3, -0.25) is 0 Å². The number of sulfone groups is 1. The first-order valence-electron chi connectivity index (χ1n) is 13.6. The average molecular weight is 595 g/mol. The first-order chi connectivity index (χ1) is 20.1. The fourth-order valence-corrected chi connectivity index (χ4v) is 5.36. The first kappa shape index (κ1) is 31.4. The van der Waals surface area contributed by atoms with Crippen molar-refractivity contribution in [2.24, 2.45) is 0 Å². The molecule has 220 valence electrons. The molecule has 0 aromatic heterocycles. The van der Waals surface area contributed by atoms with Crippen molar-refractivity contribution in [3.8, 4) is 46.7 Å². The molecular weight excluding hydrogens is 560 g/mol. The minimum atomic E-state index is -3.95. The van der Waals surface area contributed by atoms with E-state index in [1.807, 2.05) is 32.0 Å². The summed E-state index contributed by atoms with van der Waals surface area (Å²) in [5.74, 6) is 13.2. The summed E-state index contributed by atoms with van der Waals surface area (Å²) in [4.78, 5) is 0.101. The van der Waals surface area contributed by atoms with Gasteiger partial charge in [-0.15, -0.1) is 0 Å². The number of para-hydroxylation sites is 1. The van der Waals surface area contributed by atoms with E-state index in [-0.39, 0.29) is 15.5 Å². The van der Waals surface area contributed by atoms with Crippen molar-refractivity contribution in [3.63, 3.8) is 0 Å². The van der Waals surface area contributed by atoms with Crippen LogP contribution in [0.25, 0.3) is 0 Å². The maximum absolute atomic E-state index is 13.7. The Labute approximate surface area is 253 Å². The van der Waals surface area contributed by atoms with Gasteiger partial charge in [-0.2, -0.15) is 0 Å². The largest absolute Gasteiger partial charge is 0.457 e. The zero-order valence-corrected chi connectivity index (χ0v) is 25.8. The molecule has 0 aliphatic heterocycles. The van der Waals surface area contributed by atoms with Gasteiger partial charge in [0.1, 0.15) is 39.1 Å². The lowest BCUT2D eigenvalue weighted by Crippen LogP contribution is -2.14. The summed E-state index contributed by atoms with van der Waals surface area (Å²) in [5.41, 5.74) is 0.635. The Balaban J connectivity index is 1.60. The number of hydrogen-bond acceptors (Lipinski definition) is 6. The normalized spacial score (nSPS) is 11.5. The lowest BCUT2D eigenvalue weighted by molar-refractivity contribution is 0.143. The summed E-state index contributed by atoms with van der Waals surface area (Å²) in [6, 6.07) is 23.4. The SMILES string of the molecule is Cc1c(C#CC(C)(C)O)cccc1Oc1ccc(S(=O)(=O)c2ccccc2Oc2cccc(C#CC(C)(C)O)c2C)cc1. The highest BCUT2D eigenvalue weighted by Gasteiger charge is 2.23. The Kier molecular flexibility index (Phi) is 9.04. The van der Waals surface area contributed by atoms with Crippen LogP contribution in [0, 0.1) is 37.5 Å². The molecule has 0 saturated carbocycles. The van der Waals surface area contributed by atoms with Crippen LogP contribution in [0.15, 0.2) is 94.7 Å². The highest BCUT2D eigenvalue weighted by atomic mass is 32.2. The molecule has 4 aromatic rings. The van der Waals surface area contributed by atoms with E-state index in [9.17, 15) is 18.6 Å². The van der Waals surface area contributed by atoms with E-state index in [0.717, 1.165) is 16.7 Å². The van der Waals surface area contributed by atoms with Crippen molar-refractivity contribution in [2.75, 3.05) is 0 Å². The van der Waals surface area contributed by atoms with Crippen molar-refractivity contribution in [2.45, 2.75) is 62.5 Å². The summed E-state index contributed by atoms with van der Waals surface area (Å²) in [5, 5.41) is 19.9. The van der Waals surface area contributed by atoms with Gasteiger partial charge in [0.05, 0.1) is 4.90 Å². The Hall–Kier alpha value is -4.53. The minimum absolute atomic E-state index is 0.0185. The standard InChI is InChI=1S/C36H34O6S/c1-25-27(21-23-35(3,4)37)11-9-14-31(25)41-29-17-19-30(20-18-29)43(39,40)34-16-8-7-13-33(34)42-32-15-10-12-28(26(32)2)22-24-36(5,6)38/h7-20,37-38H,1-6H3. The number of aliphatic hydroxyl groups is 2. The lowest BCUT2D eigenvalue weighted by Gasteiger charge is -2.15. The fourth-order valence-electron chi connectivity index (χ4n) is 3.98. The third kappa shape index (κ3) is 8.06. The van der Waals surface area contributed by atoms with Crippen LogP contribution in [0.2, 0.25) is 0 Å². The molecule has 2 N–H and O–H groups in total. The molecule has 0 fully saturated rings. The number of ether oxygens (including phenoxy) is 2. The fraction of sp³-hybridized carbons (Fsp3) is 0.222. The predicted octanol–water partition coefficient (Wildman–Crippen LogP) is 6.97. The maximum atomic E-state index is 13.7. The topological polar surface area (TPSA) is 93.1 Å². The van der Waals surface area contributed by atoms with Crippen LogP contribution < -0.4 is 9.47 Å². The molecule has 0 aliphatic rings. The Morgan fingerprint density at radius 2 is 1.07 bits per heavy atom. The second-order valence-electron chi connectivity index (χ2n) is 11.1. The monoisotopic (exact) mass is 594 g/mol. The summed E-state index contributed by atoms with van der Waals surface area (Å²) < 4.78 is 39.6. The number of benzene rings is 4. The quantitative estimate of drug-likeness (QED) is 0.234. The molecule has 0 bridgehead atoms. The van der Waals surface area contributed by atoms with E-state index in [4.69, 9.17) is 9.47 Å². The second-order valence-corrected chi connectivity index (χ2v) is 13.0. The smallest absolute Gasteiger partial charge is 0.210 e. The molecule has 4 rings (SSSR count). The molecule has 0 unspecified atom stereocenters. The first-order valence-corrected chi connectivity index (χ1v) is 15.1. The molecule has 0 radical (unpaired) electrons. The average Bonchev–Trinajstić information content (AvgIpc) is 2.93. The molecule has 0 atom stereocenters. The zero-order chi connectivity index (χ0) is 31.4. The van der Waals surface area contributed by atoms with Crippen LogP contribution >= 0.6 is 0 Å². The van der Waals surface area contributed by atoms with Crippen LogP contribution in [0.5, 0.6) is 23.0 Å². The van der Waals surface area contributed by atoms with Crippen molar-refractivity contribution in [3.05, 3.63) is 107 Å². The van der Waals surface area contributed by atoms with Crippen molar-refractivity contribution >= 4 is 9.84 Å². The molecule has 0 amide bonds. The van der Waals surface area contributed by atoms with Crippen LogP contribution in [0.1, 0.15) is 49.9 Å². The molecule has 4 aromatic carbocycles. The van der Waals surface area contributed by atoms with Gasteiger partial charge in [-0.05, 0) is 102 Å². The Morgan fingerprint density at radius 1 is 0.605 bits per heavy atom. The number of hydrogen-bond donors (Lipinski definition) is 2. The highest BCUT2D eigenvalue weighted by Crippen LogP contribution is 2.35. The van der Waals surface area contributed by atoms with E-state index in [2.05, 4.69) is 23.7 Å². The Bertz CT molecular complexity index is 1870. The molecular formula is C36H34O6S. The van der Waals surface area contributed by atoms with E-state index in [1.165, 1.54) is 18.2 Å². The third-order valence-corrected chi connectivity index (χ3v) is 8.10. The van der Waals surface area contributed by atoms with Gasteiger partial charge in [0.15, 0.2) is 0 Å². The summed E-state index contributed by atoms with van der Waals surface area (Å²) >= 11 is 0. The third-order valence-electron chi connectivity index (χ3n) is 6.29. The van der Waals surface area contributed by atoms with E-state index in [1.54, 1.807) is 76.2 Å². The van der Waals surface area contributed by atoms with Crippen molar-refractivity contribution in [1.29, 1.82) is 0 Å². The molecule has 0 aliphatic carbocycles. The summed E-state index contributed by atoms with van der Waals surface area (Å²) in [6.45, 7) is 10.1. The highest BCUT2D eigenvalue weighted by molar-refractivity contribution is 7.91. The van der Waals surface area contributed by atoms with Gasteiger partial charge in [0, 0.05) is 22.3 Å². The minimum Gasteiger partial charge on any atom is -0.457 e. The van der Waals surface area contributed by atoms with Crippen molar-refractivity contribution in [1.82, 2.24) is 0 Å². The van der Waals surface area contributed by atoms with Gasteiger partial charge < -0.3 is 19.7 Å². The van der Waals surface area contributed by atoms with Gasteiger partial charge in [-0.1, -0.05) is 47.9 Å². The second kappa shape index (κ2) is 12.4. The lowest BCUT2D eigenvalue weighted by atomic mass is 10.1. The molecule has 0 heterocycles. The maximum Gasteiger partial charge on any atom is 0.210 e. The van der Waals surface area contributed by atoms with Gasteiger partial charge in [0.2, 0.25) is 9.84 Å². The van der Waals surface area contributed by atoms with E-state index >= 15 is 0 Å². The van der Waals surface area contributed by atoms with Crippen LogP contribution in [0.4, 0.5) is 0 Å². The van der Waals surface area contributed by atoms with Crippen LogP contribution in [-0.4, -0.2) is 29.8 Å². The molecule has 43 heavy (non-hydrogen) atoms. The predicted molar refractivity (Wildman–Crippen MR) is 167 cm³/mol. The molecule has 7 heteroatoms. The number of rotatable bonds is 6. The molecule has 6 nitrogen and oxygen atoms in total. The van der Waals surface area contributed by atoms with Gasteiger partial charge in [0.25, 0.3) is 0 Å². The summed E-state index contributed by atoms with van der Waals surface area (Å²) in [6.07, 6.45) is 0. The Morgan fingerprint density at radius 3 is 1.58 bits per heavy atom. The zero-order valence-electron chi connectivity index (χ0n) is 25.0. The van der Waals surface area contributed by atoms with Crippen LogP contribution in [-0.2, 0) is 9.84 Å². The van der Waals surface area contributed by atoms with E-state index < -0.39 is 21.0 Å². The molecule has 0 spiro atoms. The van der Waals surface area contributed by atoms with E-state index in [0.29, 0.717) is 22.8 Å². The molecule has 0 saturated heterocycles. The van der Waals surface area contributed by atoms with Gasteiger partial charge >= 0.3 is 0 Å². The van der Waals surface area contributed by atoms with Gasteiger partial charge in [-0.25, -0.2) is 8.42 Å². The summed E-state index contributed by atoms with van der Waals surface area (Å²) in [7, 11) is -3.95.